The molecule has 3 aromatic rings. The molecule has 0 aliphatic heterocycles. The molecule has 1 aromatic heterocycles. The van der Waals surface area contributed by atoms with Crippen LogP contribution in [0.2, 0.25) is 10.0 Å². The third kappa shape index (κ3) is 3.92. The van der Waals surface area contributed by atoms with Gasteiger partial charge in [0.1, 0.15) is 11.5 Å². The lowest BCUT2D eigenvalue weighted by Gasteiger charge is -2.08. The van der Waals surface area contributed by atoms with Crippen molar-refractivity contribution in [3.8, 4) is 11.1 Å². The smallest absolute Gasteiger partial charge is 0.275 e. The Balaban J connectivity index is 2.05. The van der Waals surface area contributed by atoms with Gasteiger partial charge in [-0.3, -0.25) is 9.67 Å². The van der Waals surface area contributed by atoms with Gasteiger partial charge in [0.2, 0.25) is 0 Å². The summed E-state index contributed by atoms with van der Waals surface area (Å²) in [6, 6.07) is 8.85. The zero-order valence-corrected chi connectivity index (χ0v) is 14.9. The number of hydrogen-bond donors (Lipinski definition) is 0. The van der Waals surface area contributed by atoms with Gasteiger partial charge in [-0.2, -0.15) is 5.10 Å². The summed E-state index contributed by atoms with van der Waals surface area (Å²) in [5.74, 6) is -0.459. The van der Waals surface area contributed by atoms with Crippen molar-refractivity contribution in [2.75, 3.05) is 0 Å². The molecule has 2 aromatic carbocycles. The Morgan fingerprint density at radius 1 is 1.12 bits per heavy atom. The number of halogens is 5. The minimum atomic E-state index is -2.72. The summed E-state index contributed by atoms with van der Waals surface area (Å²) in [5, 5.41) is 4.41. The quantitative estimate of drug-likeness (QED) is 0.480. The number of aromatic nitrogens is 2. The van der Waals surface area contributed by atoms with Gasteiger partial charge in [-0.25, -0.2) is 13.2 Å². The van der Waals surface area contributed by atoms with Crippen LogP contribution in [0.5, 0.6) is 0 Å². The Hall–Kier alpha value is -2.31. The summed E-state index contributed by atoms with van der Waals surface area (Å²) in [6.07, 6.45) is -0.00348. The minimum Gasteiger partial charge on any atom is -0.275 e. The number of alkyl halides is 2. The molecule has 0 saturated carbocycles. The number of aryl methyl sites for hydroxylation is 1. The molecule has 134 valence electrons. The van der Waals surface area contributed by atoms with E-state index < -0.39 is 12.2 Å². The molecular weight excluding hydrogens is 386 g/mol. The summed E-state index contributed by atoms with van der Waals surface area (Å²) in [6.45, 7) is 0. The first-order valence-electron chi connectivity index (χ1n) is 7.46. The predicted molar refractivity (Wildman–Crippen MR) is 97.3 cm³/mol. The van der Waals surface area contributed by atoms with Crippen molar-refractivity contribution >= 4 is 35.1 Å². The molecule has 0 atom stereocenters. The lowest BCUT2D eigenvalue weighted by molar-refractivity contribution is 0.145. The van der Waals surface area contributed by atoms with Crippen molar-refractivity contribution in [3.63, 3.8) is 0 Å². The van der Waals surface area contributed by atoms with Crippen LogP contribution in [0.4, 0.5) is 18.9 Å². The third-order valence-corrected chi connectivity index (χ3v) is 4.36. The maximum atomic E-state index is 13.7. The zero-order chi connectivity index (χ0) is 18.8. The molecule has 0 unspecified atom stereocenters. The van der Waals surface area contributed by atoms with E-state index in [0.717, 1.165) is 0 Å². The maximum absolute atomic E-state index is 13.7. The number of rotatable bonds is 4. The molecular formula is C18H12Cl2F3N3. The SMILES string of the molecule is Cn1cc(C=Nc2ccc(F)cc2-c2ccc(Cl)c(Cl)c2)c(C(F)F)n1. The molecule has 0 N–H and O–H groups in total. The van der Waals surface area contributed by atoms with Crippen molar-refractivity contribution in [1.82, 2.24) is 9.78 Å². The Morgan fingerprint density at radius 2 is 1.88 bits per heavy atom. The highest BCUT2D eigenvalue weighted by atomic mass is 35.5. The average Bonchev–Trinajstić information content (AvgIpc) is 2.97. The molecule has 0 amide bonds. The van der Waals surface area contributed by atoms with Crippen LogP contribution in [0.25, 0.3) is 11.1 Å². The van der Waals surface area contributed by atoms with Crippen molar-refractivity contribution in [3.05, 3.63) is 69.7 Å². The van der Waals surface area contributed by atoms with Gasteiger partial charge in [0, 0.05) is 30.6 Å². The molecule has 0 spiro atoms. The van der Waals surface area contributed by atoms with Gasteiger partial charge in [-0.1, -0.05) is 29.3 Å². The van der Waals surface area contributed by atoms with Crippen LogP contribution >= 0.6 is 23.2 Å². The van der Waals surface area contributed by atoms with E-state index in [4.69, 9.17) is 23.2 Å². The largest absolute Gasteiger partial charge is 0.282 e. The van der Waals surface area contributed by atoms with Gasteiger partial charge in [0.25, 0.3) is 6.43 Å². The molecule has 0 radical (unpaired) electrons. The average molecular weight is 398 g/mol. The summed E-state index contributed by atoms with van der Waals surface area (Å²) in [4.78, 5) is 4.25. The van der Waals surface area contributed by atoms with E-state index in [0.29, 0.717) is 26.9 Å². The van der Waals surface area contributed by atoms with Gasteiger partial charge in [0.05, 0.1) is 15.7 Å². The maximum Gasteiger partial charge on any atom is 0.282 e. The molecule has 1 heterocycles. The van der Waals surface area contributed by atoms with Crippen molar-refractivity contribution in [2.45, 2.75) is 6.43 Å². The first kappa shape index (κ1) is 18.5. The van der Waals surface area contributed by atoms with E-state index in [1.807, 2.05) is 0 Å². The zero-order valence-electron chi connectivity index (χ0n) is 13.4. The monoisotopic (exact) mass is 397 g/mol. The molecule has 0 saturated heterocycles. The highest BCUT2D eigenvalue weighted by molar-refractivity contribution is 6.42. The molecule has 26 heavy (non-hydrogen) atoms. The molecule has 0 aliphatic carbocycles. The van der Waals surface area contributed by atoms with Gasteiger partial charge >= 0.3 is 0 Å². The van der Waals surface area contributed by atoms with E-state index in [1.165, 1.54) is 35.3 Å². The summed E-state index contributed by atoms with van der Waals surface area (Å²) in [7, 11) is 1.54. The molecule has 3 rings (SSSR count). The van der Waals surface area contributed by atoms with Crippen LogP contribution in [0.15, 0.2) is 47.6 Å². The van der Waals surface area contributed by atoms with E-state index in [1.54, 1.807) is 25.2 Å². The molecule has 8 heteroatoms. The standard InChI is InChI=1S/C18H12Cl2F3N3/c1-26-9-11(17(25-26)18(22)23)8-24-16-5-3-12(21)7-13(16)10-2-4-14(19)15(20)6-10/h2-9,18H,1H3. The first-order chi connectivity index (χ1) is 12.3. The molecule has 3 nitrogen and oxygen atoms in total. The number of benzene rings is 2. The van der Waals surface area contributed by atoms with Gasteiger partial charge in [-0.05, 0) is 35.9 Å². The van der Waals surface area contributed by atoms with Crippen LogP contribution in [-0.4, -0.2) is 16.0 Å². The summed E-state index contributed by atoms with van der Waals surface area (Å²) < 4.78 is 41.1. The topological polar surface area (TPSA) is 30.2 Å². The van der Waals surface area contributed by atoms with Gasteiger partial charge in [0.15, 0.2) is 0 Å². The highest BCUT2D eigenvalue weighted by Crippen LogP contribution is 2.35. The lowest BCUT2D eigenvalue weighted by Crippen LogP contribution is -1.92. The Kier molecular flexibility index (Phi) is 5.34. The lowest BCUT2D eigenvalue weighted by atomic mass is 10.0. The van der Waals surface area contributed by atoms with Crippen molar-refractivity contribution in [1.29, 1.82) is 0 Å². The van der Waals surface area contributed by atoms with E-state index in [-0.39, 0.29) is 11.3 Å². The normalized spacial score (nSPS) is 11.7. The summed E-state index contributed by atoms with van der Waals surface area (Å²) >= 11 is 11.9. The fraction of sp³-hybridized carbons (Fsp3) is 0.111. The van der Waals surface area contributed by atoms with E-state index >= 15 is 0 Å². The fourth-order valence-corrected chi connectivity index (χ4v) is 2.75. The second-order valence-electron chi connectivity index (χ2n) is 5.49. The molecule has 0 bridgehead atoms. The molecule has 0 aliphatic rings. The van der Waals surface area contributed by atoms with E-state index in [2.05, 4.69) is 10.1 Å². The third-order valence-electron chi connectivity index (χ3n) is 3.63. The highest BCUT2D eigenvalue weighted by Gasteiger charge is 2.16. The Labute approximate surface area is 157 Å². The number of nitrogens with zero attached hydrogens (tertiary/aromatic N) is 3. The Bertz CT molecular complexity index is 984. The van der Waals surface area contributed by atoms with Crippen LogP contribution in [-0.2, 0) is 7.05 Å². The fourth-order valence-electron chi connectivity index (χ4n) is 2.45. The second-order valence-corrected chi connectivity index (χ2v) is 6.31. The van der Waals surface area contributed by atoms with Crippen LogP contribution in [0.1, 0.15) is 17.7 Å². The van der Waals surface area contributed by atoms with Gasteiger partial charge in [-0.15, -0.1) is 0 Å². The van der Waals surface area contributed by atoms with E-state index in [9.17, 15) is 13.2 Å². The first-order valence-corrected chi connectivity index (χ1v) is 8.21. The van der Waals surface area contributed by atoms with Crippen molar-refractivity contribution in [2.24, 2.45) is 12.0 Å². The predicted octanol–water partition coefficient (Wildman–Crippen LogP) is 6.22. The van der Waals surface area contributed by atoms with Crippen LogP contribution < -0.4 is 0 Å². The number of hydrogen-bond acceptors (Lipinski definition) is 2. The van der Waals surface area contributed by atoms with Gasteiger partial charge < -0.3 is 0 Å². The second kappa shape index (κ2) is 7.51. The molecule has 0 fully saturated rings. The summed E-state index contributed by atoms with van der Waals surface area (Å²) in [5.41, 5.74) is 1.28. The Morgan fingerprint density at radius 3 is 2.58 bits per heavy atom. The van der Waals surface area contributed by atoms with Crippen LogP contribution in [0.3, 0.4) is 0 Å². The van der Waals surface area contributed by atoms with Crippen LogP contribution in [0, 0.1) is 5.82 Å². The van der Waals surface area contributed by atoms with Crippen molar-refractivity contribution < 1.29 is 13.2 Å². The number of aliphatic imine (C=N–C) groups is 1. The minimum absolute atomic E-state index is 0.187.